The second-order valence-electron chi connectivity index (χ2n) is 11.4. The van der Waals surface area contributed by atoms with E-state index in [1.807, 2.05) is 0 Å². The van der Waals surface area contributed by atoms with Crippen molar-refractivity contribution in [3.05, 3.63) is 29.3 Å². The van der Waals surface area contributed by atoms with E-state index in [1.54, 1.807) is 11.1 Å². The molecule has 1 unspecified atom stereocenters. The maximum atomic E-state index is 13.2. The summed E-state index contributed by atoms with van der Waals surface area (Å²) in [5.74, 6) is 1.38. The summed E-state index contributed by atoms with van der Waals surface area (Å²) in [6, 6.07) is 6.94. The molecule has 1 amide bonds. The third kappa shape index (κ3) is 15.1. The molecule has 0 saturated heterocycles. The minimum Gasteiger partial charge on any atom is -0.342 e. The zero-order chi connectivity index (χ0) is 25.9. The second-order valence-corrected chi connectivity index (χ2v) is 12.7. The fraction of sp³-hybridized carbons (Fsp3) is 0.781. The van der Waals surface area contributed by atoms with E-state index in [0.29, 0.717) is 32.5 Å². The van der Waals surface area contributed by atoms with Gasteiger partial charge in [-0.2, -0.15) is 0 Å². The predicted molar refractivity (Wildman–Crippen MR) is 160 cm³/mol. The third-order valence-electron chi connectivity index (χ3n) is 6.81. The molecule has 0 fully saturated rings. The van der Waals surface area contributed by atoms with Crippen LogP contribution in [-0.4, -0.2) is 30.1 Å². The summed E-state index contributed by atoms with van der Waals surface area (Å²) in [6.45, 7) is 15.2. The van der Waals surface area contributed by atoms with Gasteiger partial charge in [0, 0.05) is 19.3 Å². The maximum absolute atomic E-state index is 13.2. The number of aryl methyl sites for hydroxylation is 1. The van der Waals surface area contributed by atoms with Gasteiger partial charge in [0.05, 0.1) is 0 Å². The Bertz CT molecular complexity index is 660. The SMILES string of the molecule is CCCCCCCCc1cccc(PCC(=O)N(CC(C)C)CC(C)C)c1CCCCCCCC. The molecule has 0 aromatic heterocycles. The van der Waals surface area contributed by atoms with Gasteiger partial charge in [0.1, 0.15) is 0 Å². The molecule has 0 radical (unpaired) electrons. The number of unbranched alkanes of at least 4 members (excludes halogenated alkanes) is 10. The average Bonchev–Trinajstić information content (AvgIpc) is 2.81. The summed E-state index contributed by atoms with van der Waals surface area (Å²) in [7, 11) is 0.592. The first-order chi connectivity index (χ1) is 16.9. The average molecular weight is 504 g/mol. The van der Waals surface area contributed by atoms with Crippen LogP contribution in [0.2, 0.25) is 0 Å². The van der Waals surface area contributed by atoms with Gasteiger partial charge in [0.15, 0.2) is 0 Å². The Hall–Kier alpha value is -0.880. The molecule has 0 aliphatic carbocycles. The highest BCUT2D eigenvalue weighted by Gasteiger charge is 2.17. The molecule has 0 aliphatic rings. The highest BCUT2D eigenvalue weighted by molar-refractivity contribution is 7.48. The Morgan fingerprint density at radius 3 is 1.80 bits per heavy atom. The molecule has 35 heavy (non-hydrogen) atoms. The monoisotopic (exact) mass is 503 g/mol. The first-order valence-electron chi connectivity index (χ1n) is 15.0. The second kappa shape index (κ2) is 20.2. The van der Waals surface area contributed by atoms with Gasteiger partial charge < -0.3 is 4.90 Å². The Morgan fingerprint density at radius 2 is 1.26 bits per heavy atom. The van der Waals surface area contributed by atoms with Gasteiger partial charge in [0.25, 0.3) is 0 Å². The van der Waals surface area contributed by atoms with Gasteiger partial charge in [-0.25, -0.2) is 0 Å². The quantitative estimate of drug-likeness (QED) is 0.121. The van der Waals surface area contributed by atoms with Gasteiger partial charge in [-0.3, -0.25) is 4.79 Å². The third-order valence-corrected chi connectivity index (χ3v) is 8.14. The van der Waals surface area contributed by atoms with Gasteiger partial charge in [-0.05, 0) is 54.0 Å². The standard InChI is InChI=1S/C32H58NOP/c1-7-9-11-13-15-17-20-29-21-19-23-31(30(29)22-18-16-14-12-10-8-2)35-26-32(34)33(24-27(3)4)25-28(5)6/h19,21,23,27-28,35H,7-18,20,22,24-26H2,1-6H3. The Labute approximate surface area is 221 Å². The van der Waals surface area contributed by atoms with Crippen molar-refractivity contribution in [2.75, 3.05) is 19.3 Å². The number of carbonyl (C=O) groups is 1. The molecule has 202 valence electrons. The van der Waals surface area contributed by atoms with Crippen LogP contribution in [0.25, 0.3) is 0 Å². The van der Waals surface area contributed by atoms with Crippen molar-refractivity contribution in [1.82, 2.24) is 4.90 Å². The first kappa shape index (κ1) is 32.1. The molecule has 0 heterocycles. The van der Waals surface area contributed by atoms with E-state index in [-0.39, 0.29) is 0 Å². The summed E-state index contributed by atoms with van der Waals surface area (Å²) < 4.78 is 0. The van der Waals surface area contributed by atoms with Crippen LogP contribution in [0.4, 0.5) is 0 Å². The van der Waals surface area contributed by atoms with Crippen LogP contribution in [0.3, 0.4) is 0 Å². The molecule has 0 saturated carbocycles. The molecule has 0 aliphatic heterocycles. The molecular formula is C32H58NOP. The molecular weight excluding hydrogens is 445 g/mol. The number of carbonyl (C=O) groups excluding carboxylic acids is 1. The Morgan fingerprint density at radius 1 is 0.743 bits per heavy atom. The number of benzene rings is 1. The lowest BCUT2D eigenvalue weighted by Gasteiger charge is -2.26. The van der Waals surface area contributed by atoms with E-state index >= 15 is 0 Å². The van der Waals surface area contributed by atoms with Crippen LogP contribution >= 0.6 is 8.58 Å². The van der Waals surface area contributed by atoms with Crippen molar-refractivity contribution in [3.63, 3.8) is 0 Å². The summed E-state index contributed by atoms with van der Waals surface area (Å²) in [4.78, 5) is 15.3. The Kier molecular flexibility index (Phi) is 18.6. The van der Waals surface area contributed by atoms with Crippen LogP contribution in [0, 0.1) is 11.8 Å². The number of hydrogen-bond donors (Lipinski definition) is 0. The normalized spacial score (nSPS) is 11.9. The first-order valence-corrected chi connectivity index (χ1v) is 16.2. The van der Waals surface area contributed by atoms with Crippen molar-refractivity contribution in [3.8, 4) is 0 Å². The van der Waals surface area contributed by atoms with Gasteiger partial charge in [-0.15, -0.1) is 0 Å². The molecule has 1 aromatic carbocycles. The van der Waals surface area contributed by atoms with Crippen molar-refractivity contribution in [2.45, 2.75) is 131 Å². The molecule has 1 atom stereocenters. The number of hydrogen-bond acceptors (Lipinski definition) is 1. The fourth-order valence-electron chi connectivity index (χ4n) is 4.95. The summed E-state index contributed by atoms with van der Waals surface area (Å²) >= 11 is 0. The highest BCUT2D eigenvalue weighted by atomic mass is 31.1. The van der Waals surface area contributed by atoms with Crippen molar-refractivity contribution in [2.24, 2.45) is 11.8 Å². The largest absolute Gasteiger partial charge is 0.342 e. The lowest BCUT2D eigenvalue weighted by Crippen LogP contribution is -2.38. The number of rotatable bonds is 21. The van der Waals surface area contributed by atoms with E-state index in [0.717, 1.165) is 13.1 Å². The van der Waals surface area contributed by atoms with Crippen molar-refractivity contribution >= 4 is 19.8 Å². The van der Waals surface area contributed by atoms with Crippen LogP contribution in [0.5, 0.6) is 0 Å². The molecule has 0 bridgehead atoms. The van der Waals surface area contributed by atoms with Crippen LogP contribution < -0.4 is 5.30 Å². The van der Waals surface area contributed by atoms with Gasteiger partial charge >= 0.3 is 0 Å². The van der Waals surface area contributed by atoms with E-state index in [4.69, 9.17) is 0 Å². The minimum atomic E-state index is 0.345. The van der Waals surface area contributed by atoms with Gasteiger partial charge in [-0.1, -0.05) is 133 Å². The maximum Gasteiger partial charge on any atom is 0.226 e. The van der Waals surface area contributed by atoms with Crippen molar-refractivity contribution < 1.29 is 4.79 Å². The minimum absolute atomic E-state index is 0.345. The molecule has 2 nitrogen and oxygen atoms in total. The summed E-state index contributed by atoms with van der Waals surface area (Å²) in [6.07, 6.45) is 19.2. The lowest BCUT2D eigenvalue weighted by atomic mass is 9.96. The molecule has 0 N–H and O–H groups in total. The Balaban J connectivity index is 2.82. The highest BCUT2D eigenvalue weighted by Crippen LogP contribution is 2.23. The van der Waals surface area contributed by atoms with E-state index in [2.05, 4.69) is 64.6 Å². The van der Waals surface area contributed by atoms with Crippen LogP contribution in [-0.2, 0) is 17.6 Å². The topological polar surface area (TPSA) is 20.3 Å². The van der Waals surface area contributed by atoms with Crippen LogP contribution in [0.1, 0.15) is 130 Å². The summed E-state index contributed by atoms with van der Waals surface area (Å²) in [5, 5.41) is 1.46. The van der Waals surface area contributed by atoms with Gasteiger partial charge in [0.2, 0.25) is 5.91 Å². The molecule has 3 heteroatoms. The molecule has 1 aromatic rings. The predicted octanol–water partition coefficient (Wildman–Crippen LogP) is 8.94. The molecule has 0 spiro atoms. The lowest BCUT2D eigenvalue weighted by molar-refractivity contribution is -0.129. The number of nitrogens with zero attached hydrogens (tertiary/aromatic N) is 1. The smallest absolute Gasteiger partial charge is 0.226 e. The van der Waals surface area contributed by atoms with E-state index in [9.17, 15) is 4.79 Å². The fourth-order valence-corrected chi connectivity index (χ4v) is 6.23. The van der Waals surface area contributed by atoms with E-state index in [1.165, 1.54) is 95.2 Å². The number of amides is 1. The zero-order valence-corrected chi connectivity index (χ0v) is 25.3. The van der Waals surface area contributed by atoms with Crippen LogP contribution in [0.15, 0.2) is 18.2 Å². The van der Waals surface area contributed by atoms with Crippen molar-refractivity contribution in [1.29, 1.82) is 0 Å². The zero-order valence-electron chi connectivity index (χ0n) is 24.3. The van der Waals surface area contributed by atoms with E-state index < -0.39 is 0 Å². The summed E-state index contributed by atoms with van der Waals surface area (Å²) in [5.41, 5.74) is 3.15. The molecule has 1 rings (SSSR count).